The van der Waals surface area contributed by atoms with Gasteiger partial charge in [0.2, 0.25) is 0 Å². The summed E-state index contributed by atoms with van der Waals surface area (Å²) in [7, 11) is 0. The van der Waals surface area contributed by atoms with Gasteiger partial charge in [0.1, 0.15) is 0 Å². The van der Waals surface area contributed by atoms with Gasteiger partial charge in [-0.1, -0.05) is 0 Å². The maximum absolute atomic E-state index is 0. The van der Waals surface area contributed by atoms with E-state index in [1.165, 1.54) is 0 Å². The van der Waals surface area contributed by atoms with Crippen LogP contribution in [0.25, 0.3) is 0 Å². The predicted molar refractivity (Wildman–Crippen MR) is 26.0 cm³/mol. The molecule has 0 aliphatic rings. The molecule has 0 radical (unpaired) electrons. The molecule has 4 heavy (non-hydrogen) atoms. The molecule has 0 unspecified atom stereocenters. The van der Waals surface area contributed by atoms with Crippen molar-refractivity contribution in [1.82, 2.24) is 0 Å². The minimum absolute atomic E-state index is 0. The summed E-state index contributed by atoms with van der Waals surface area (Å²) in [4.78, 5) is 0. The van der Waals surface area contributed by atoms with Crippen molar-refractivity contribution < 1.29 is 58.3 Å². The first-order valence-electron chi connectivity index (χ1n) is 0. The molecule has 0 spiro atoms. The fraction of sp³-hybridized carbons (Fsp3) is 0. The van der Waals surface area contributed by atoms with Crippen LogP contribution in [0.4, 0.5) is 0 Å². The van der Waals surface area contributed by atoms with Crippen molar-refractivity contribution in [2.24, 2.45) is 0 Å². The van der Waals surface area contributed by atoms with Gasteiger partial charge in [-0.15, -0.1) is 0 Å². The van der Waals surface area contributed by atoms with E-state index in [4.69, 9.17) is 0 Å². The molecule has 0 atom stereocenters. The second-order valence-electron chi connectivity index (χ2n) is 0. The van der Waals surface area contributed by atoms with Crippen molar-refractivity contribution in [1.29, 1.82) is 0 Å². The number of hydrogen-bond acceptors (Lipinski definition) is 0. The third-order valence-electron chi connectivity index (χ3n) is 0. The monoisotopic (exact) mass is 120 g/mol. The van der Waals surface area contributed by atoms with Gasteiger partial charge < -0.3 is 6.90 Å². The van der Waals surface area contributed by atoms with Crippen LogP contribution in [-0.4, -0.2) is 33.8 Å². The molecule has 0 aliphatic carbocycles. The van der Waals surface area contributed by atoms with Crippen LogP contribution in [0.2, 0.25) is 0 Å². The van der Waals surface area contributed by atoms with Gasteiger partial charge in [0.05, 0.1) is 0 Å². The summed E-state index contributed by atoms with van der Waals surface area (Å²) < 4.78 is 0. The van der Waals surface area contributed by atoms with Gasteiger partial charge in [-0.3, -0.25) is 0 Å². The third kappa shape index (κ3) is 8.84. The molecular formula is H10AlKOSi. The Labute approximate surface area is 84.9 Å². The fourth-order valence-corrected chi connectivity index (χ4v) is 0. The summed E-state index contributed by atoms with van der Waals surface area (Å²) in [5.74, 6) is 0. The SMILES string of the molecule is O.[AlH3].[H-].[K+].[SiH4]. The summed E-state index contributed by atoms with van der Waals surface area (Å²) in [6.45, 7) is 0. The summed E-state index contributed by atoms with van der Waals surface area (Å²) >= 11 is 0. The molecule has 0 fully saturated rings. The van der Waals surface area contributed by atoms with E-state index in [0.29, 0.717) is 0 Å². The fourth-order valence-electron chi connectivity index (χ4n) is 0. The first-order valence-corrected chi connectivity index (χ1v) is 0. The number of rotatable bonds is 0. The second-order valence-corrected chi connectivity index (χ2v) is 0. The Kier molecular flexibility index (Phi) is 151. The Morgan fingerprint density at radius 2 is 1.25 bits per heavy atom. The van der Waals surface area contributed by atoms with Crippen molar-refractivity contribution >= 4 is 28.3 Å². The average Bonchev–Trinajstić information content (AvgIpc) is 0. The summed E-state index contributed by atoms with van der Waals surface area (Å²) in [5, 5.41) is 0. The average molecular weight is 120 g/mol. The molecule has 4 heteroatoms. The van der Waals surface area contributed by atoms with Crippen molar-refractivity contribution in [2.75, 3.05) is 0 Å². The van der Waals surface area contributed by atoms with E-state index in [1.54, 1.807) is 0 Å². The first kappa shape index (κ1) is 33.0. The van der Waals surface area contributed by atoms with E-state index in [2.05, 4.69) is 0 Å². The quantitative estimate of drug-likeness (QED) is 0.285. The Morgan fingerprint density at radius 3 is 1.25 bits per heavy atom. The zero-order valence-electron chi connectivity index (χ0n) is 2.50. The second kappa shape index (κ2) is 18.3. The maximum Gasteiger partial charge on any atom is 1.00 e. The standard InChI is InChI=1S/Al.K.H2O.H4Si.4H/h;;1H2;1H4;;;;/q;+1;;;;;;-1. The normalized spacial score (nSPS) is 0. The molecule has 24 valence electrons. The van der Waals surface area contributed by atoms with Gasteiger partial charge in [-0.25, -0.2) is 0 Å². The largest absolute Gasteiger partial charge is 1.00 e. The molecule has 0 aromatic rings. The molecule has 2 N–H and O–H groups in total. The van der Waals surface area contributed by atoms with Gasteiger partial charge >= 0.3 is 51.4 Å². The molecule has 0 rings (SSSR count). The molecule has 1 nitrogen and oxygen atoms in total. The van der Waals surface area contributed by atoms with E-state index >= 15 is 0 Å². The van der Waals surface area contributed by atoms with E-state index in [9.17, 15) is 0 Å². The van der Waals surface area contributed by atoms with Crippen LogP contribution < -0.4 is 51.4 Å². The van der Waals surface area contributed by atoms with E-state index < -0.39 is 0 Å². The first-order chi connectivity index (χ1) is 0. The van der Waals surface area contributed by atoms with Gasteiger partial charge in [-0.2, -0.15) is 0 Å². The summed E-state index contributed by atoms with van der Waals surface area (Å²) in [5.41, 5.74) is 0. The molecule has 0 saturated carbocycles. The van der Waals surface area contributed by atoms with Crippen molar-refractivity contribution in [3.63, 3.8) is 0 Å². The molecule has 0 bridgehead atoms. The van der Waals surface area contributed by atoms with Crippen LogP contribution in [-0.2, 0) is 0 Å². The minimum Gasteiger partial charge on any atom is -1.00 e. The zero-order valence-corrected chi connectivity index (χ0v) is 4.62. The molecule has 0 aromatic heterocycles. The molecule has 0 heterocycles. The summed E-state index contributed by atoms with van der Waals surface area (Å²) in [6, 6.07) is 0. The minimum atomic E-state index is 0. The predicted octanol–water partition coefficient (Wildman–Crippen LogP) is -6.34. The van der Waals surface area contributed by atoms with E-state index in [-0.39, 0.29) is 86.6 Å². The van der Waals surface area contributed by atoms with Crippen LogP contribution in [0, 0.1) is 0 Å². The van der Waals surface area contributed by atoms with Crippen LogP contribution in [0.3, 0.4) is 0 Å². The van der Waals surface area contributed by atoms with Crippen LogP contribution in [0.1, 0.15) is 1.43 Å². The number of hydrogen-bond donors (Lipinski definition) is 0. The van der Waals surface area contributed by atoms with Gasteiger partial charge in [0, 0.05) is 0 Å². The topological polar surface area (TPSA) is 31.5 Å². The van der Waals surface area contributed by atoms with Gasteiger partial charge in [0.15, 0.2) is 17.4 Å². The van der Waals surface area contributed by atoms with Crippen LogP contribution in [0.5, 0.6) is 0 Å². The smallest absolute Gasteiger partial charge is 1.00 e. The molecule has 0 amide bonds. The molecule has 0 aliphatic heterocycles. The molecular weight excluding hydrogens is 110 g/mol. The molecule has 0 aromatic carbocycles. The third-order valence-corrected chi connectivity index (χ3v) is 0. The van der Waals surface area contributed by atoms with Gasteiger partial charge in [-0.05, 0) is 11.0 Å². The van der Waals surface area contributed by atoms with Gasteiger partial charge in [0.25, 0.3) is 0 Å². The van der Waals surface area contributed by atoms with Crippen molar-refractivity contribution in [3.8, 4) is 0 Å². The molecule has 0 saturated heterocycles. The Bertz CT molecular complexity index is 11.6. The maximum atomic E-state index is 0. The zero-order chi connectivity index (χ0) is 0. The van der Waals surface area contributed by atoms with E-state index in [1.807, 2.05) is 0 Å². The summed E-state index contributed by atoms with van der Waals surface area (Å²) in [6.07, 6.45) is 0. The Balaban J connectivity index is 0. The van der Waals surface area contributed by atoms with Crippen molar-refractivity contribution in [3.05, 3.63) is 0 Å². The van der Waals surface area contributed by atoms with E-state index in [0.717, 1.165) is 0 Å². The Morgan fingerprint density at radius 1 is 1.25 bits per heavy atom. The van der Waals surface area contributed by atoms with Crippen LogP contribution >= 0.6 is 0 Å². The Hall–Kier alpha value is 2.35. The van der Waals surface area contributed by atoms with Crippen molar-refractivity contribution in [2.45, 2.75) is 0 Å². The van der Waals surface area contributed by atoms with Crippen LogP contribution in [0.15, 0.2) is 0 Å².